The monoisotopic (exact) mass is 500 g/mol. The average Bonchev–Trinajstić information content (AvgIpc) is 3.03. The average molecular weight is 501 g/mol. The lowest BCUT2D eigenvalue weighted by Crippen LogP contribution is -2.58. The molecule has 2 aliphatic heterocycles. The first-order valence-corrected chi connectivity index (χ1v) is 12.6. The number of rotatable bonds is 5. The van der Waals surface area contributed by atoms with E-state index in [9.17, 15) is 24.3 Å². The molecule has 10 nitrogen and oxygen atoms in total. The first-order chi connectivity index (χ1) is 17.0. The van der Waals surface area contributed by atoms with Crippen LogP contribution in [0.5, 0.6) is 0 Å². The van der Waals surface area contributed by atoms with E-state index < -0.39 is 41.8 Å². The minimum atomic E-state index is -1.24. The number of carboxylic acid groups (broad SMARTS) is 1. The summed E-state index contributed by atoms with van der Waals surface area (Å²) in [5, 5.41) is 15.1. The van der Waals surface area contributed by atoms with E-state index in [2.05, 4.69) is 16.7 Å². The van der Waals surface area contributed by atoms with Gasteiger partial charge in [-0.25, -0.2) is 4.79 Å². The van der Waals surface area contributed by atoms with Gasteiger partial charge in [0.25, 0.3) is 0 Å². The second kappa shape index (κ2) is 10.1. The third-order valence-corrected chi connectivity index (χ3v) is 7.81. The zero-order chi connectivity index (χ0) is 26.2. The fraction of sp³-hybridized carbons (Fsp3) is 0.615. The Labute approximate surface area is 211 Å². The molecule has 0 spiro atoms. The summed E-state index contributed by atoms with van der Waals surface area (Å²) in [6, 6.07) is 5.34. The Balaban J connectivity index is 1.54. The van der Waals surface area contributed by atoms with Gasteiger partial charge in [-0.3, -0.25) is 19.3 Å². The molecule has 10 heteroatoms. The number of nitrogens with zero attached hydrogens (tertiary/aromatic N) is 2. The molecule has 1 aromatic carbocycles. The van der Waals surface area contributed by atoms with E-state index in [1.165, 1.54) is 24.4 Å². The van der Waals surface area contributed by atoms with Gasteiger partial charge in [0.15, 0.2) is 0 Å². The number of carbonyl (C=O) groups is 4. The minimum Gasteiger partial charge on any atom is -0.465 e. The smallest absolute Gasteiger partial charge is 0.407 e. The molecule has 0 aromatic heterocycles. The van der Waals surface area contributed by atoms with Crippen LogP contribution in [0.25, 0.3) is 0 Å². The van der Waals surface area contributed by atoms with Crippen LogP contribution in [-0.2, 0) is 25.5 Å². The largest absolute Gasteiger partial charge is 0.465 e. The number of hydrogen-bond donors (Lipinski definition) is 3. The van der Waals surface area contributed by atoms with Crippen molar-refractivity contribution in [3.05, 3.63) is 35.4 Å². The highest BCUT2D eigenvalue weighted by atomic mass is 16.5. The van der Waals surface area contributed by atoms with Gasteiger partial charge in [-0.2, -0.15) is 0 Å². The third kappa shape index (κ3) is 4.91. The Kier molecular flexibility index (Phi) is 7.26. The SMILES string of the molecule is CC(C(=O)N[C@H]1CCO[C@H]2CC(C)(C)[C@@H](C(=O)N[C@@H]3CCCc4ccccc43)N2C1=O)N(C)C(=O)O. The Morgan fingerprint density at radius 1 is 1.17 bits per heavy atom. The lowest BCUT2D eigenvalue weighted by Gasteiger charge is -2.35. The van der Waals surface area contributed by atoms with Gasteiger partial charge in [-0.05, 0) is 49.1 Å². The maximum absolute atomic E-state index is 13.7. The van der Waals surface area contributed by atoms with E-state index in [1.807, 2.05) is 32.0 Å². The zero-order valence-corrected chi connectivity index (χ0v) is 21.3. The number of hydrogen-bond acceptors (Lipinski definition) is 5. The number of amides is 4. The van der Waals surface area contributed by atoms with Crippen molar-refractivity contribution in [2.24, 2.45) is 5.41 Å². The van der Waals surface area contributed by atoms with Crippen molar-refractivity contribution >= 4 is 23.8 Å². The summed E-state index contributed by atoms with van der Waals surface area (Å²) in [6.07, 6.45) is 1.72. The lowest BCUT2D eigenvalue weighted by molar-refractivity contribution is -0.150. The molecule has 1 aliphatic carbocycles. The molecule has 4 rings (SSSR count). The summed E-state index contributed by atoms with van der Waals surface area (Å²) in [7, 11) is 1.30. The predicted octanol–water partition coefficient (Wildman–Crippen LogP) is 2.04. The van der Waals surface area contributed by atoms with Crippen LogP contribution in [0.1, 0.15) is 63.6 Å². The second-order valence-electron chi connectivity index (χ2n) is 10.7. The zero-order valence-electron chi connectivity index (χ0n) is 21.3. The van der Waals surface area contributed by atoms with Gasteiger partial charge in [-0.15, -0.1) is 0 Å². The fourth-order valence-electron chi connectivity index (χ4n) is 5.64. The van der Waals surface area contributed by atoms with Crippen LogP contribution >= 0.6 is 0 Å². The van der Waals surface area contributed by atoms with E-state index in [0.29, 0.717) is 6.42 Å². The number of ether oxygens (including phenoxy) is 1. The molecule has 0 radical (unpaired) electrons. The van der Waals surface area contributed by atoms with E-state index in [0.717, 1.165) is 29.7 Å². The van der Waals surface area contributed by atoms with Gasteiger partial charge in [0.05, 0.1) is 12.6 Å². The molecule has 0 saturated carbocycles. The van der Waals surface area contributed by atoms with Crippen LogP contribution in [0.4, 0.5) is 4.79 Å². The molecule has 4 amide bonds. The maximum Gasteiger partial charge on any atom is 0.407 e. The first kappa shape index (κ1) is 25.9. The number of likely N-dealkylation sites (N-methyl/N-ethyl adjacent to an activating group) is 1. The molecule has 3 N–H and O–H groups in total. The summed E-state index contributed by atoms with van der Waals surface area (Å²) in [5.41, 5.74) is 1.81. The predicted molar refractivity (Wildman–Crippen MR) is 131 cm³/mol. The number of benzene rings is 1. The molecule has 1 aromatic rings. The molecule has 2 saturated heterocycles. The van der Waals surface area contributed by atoms with Crippen LogP contribution in [0, 0.1) is 5.41 Å². The molecule has 3 aliphatic rings. The Morgan fingerprint density at radius 2 is 1.89 bits per heavy atom. The van der Waals surface area contributed by atoms with Crippen LogP contribution in [-0.4, -0.2) is 76.7 Å². The van der Waals surface area contributed by atoms with E-state index in [1.54, 1.807) is 0 Å². The molecular weight excluding hydrogens is 464 g/mol. The molecule has 1 unspecified atom stereocenters. The number of fused-ring (bicyclic) bond motifs is 2. The van der Waals surface area contributed by atoms with Crippen molar-refractivity contribution < 1.29 is 29.0 Å². The van der Waals surface area contributed by atoms with E-state index >= 15 is 0 Å². The van der Waals surface area contributed by atoms with Crippen molar-refractivity contribution in [1.82, 2.24) is 20.4 Å². The normalized spacial score (nSPS) is 27.8. The van der Waals surface area contributed by atoms with Gasteiger partial charge in [0.1, 0.15) is 24.4 Å². The van der Waals surface area contributed by atoms with Crippen molar-refractivity contribution in [1.29, 1.82) is 0 Å². The highest BCUT2D eigenvalue weighted by Crippen LogP contribution is 2.43. The van der Waals surface area contributed by atoms with E-state index in [4.69, 9.17) is 4.74 Å². The quantitative estimate of drug-likeness (QED) is 0.568. The minimum absolute atomic E-state index is 0.122. The molecule has 0 bridgehead atoms. The van der Waals surface area contributed by atoms with Crippen LogP contribution in [0.15, 0.2) is 24.3 Å². The molecular formula is C26H36N4O6. The Bertz CT molecular complexity index is 1040. The van der Waals surface area contributed by atoms with Crippen LogP contribution in [0.2, 0.25) is 0 Å². The summed E-state index contributed by atoms with van der Waals surface area (Å²) >= 11 is 0. The van der Waals surface area contributed by atoms with Gasteiger partial charge in [-0.1, -0.05) is 38.1 Å². The third-order valence-electron chi connectivity index (χ3n) is 7.81. The molecule has 5 atom stereocenters. The van der Waals surface area contributed by atoms with Gasteiger partial charge in [0, 0.05) is 13.5 Å². The number of nitrogens with one attached hydrogen (secondary N) is 2. The van der Waals surface area contributed by atoms with Gasteiger partial charge < -0.3 is 25.4 Å². The topological polar surface area (TPSA) is 128 Å². The highest BCUT2D eigenvalue weighted by molar-refractivity contribution is 5.94. The van der Waals surface area contributed by atoms with Crippen molar-refractivity contribution in [2.45, 2.75) is 83.3 Å². The Hall–Kier alpha value is -3.14. The van der Waals surface area contributed by atoms with Crippen LogP contribution < -0.4 is 10.6 Å². The lowest BCUT2D eigenvalue weighted by atomic mass is 9.82. The summed E-state index contributed by atoms with van der Waals surface area (Å²) in [4.78, 5) is 53.8. The summed E-state index contributed by atoms with van der Waals surface area (Å²) < 4.78 is 5.99. The molecule has 196 valence electrons. The van der Waals surface area contributed by atoms with E-state index in [-0.39, 0.29) is 30.9 Å². The highest BCUT2D eigenvalue weighted by Gasteiger charge is 2.55. The summed E-state index contributed by atoms with van der Waals surface area (Å²) in [5.74, 6) is -1.19. The van der Waals surface area contributed by atoms with Crippen molar-refractivity contribution in [3.8, 4) is 0 Å². The summed E-state index contributed by atoms with van der Waals surface area (Å²) in [6.45, 7) is 5.60. The van der Waals surface area contributed by atoms with Crippen molar-refractivity contribution in [3.63, 3.8) is 0 Å². The standard InChI is InChI=1S/C26H36N4O6/c1-15(29(4)25(34)35)22(31)28-19-12-13-36-20-14-26(2,3)21(30(20)24(19)33)23(32)27-18-11-7-9-16-8-5-6-10-17(16)18/h5-6,8,10,15,18-21H,7,9,11-14H2,1-4H3,(H,27,32)(H,28,31)(H,34,35)/t15?,18-,19+,20+,21-/m1/s1. The molecule has 2 heterocycles. The molecule has 2 fully saturated rings. The van der Waals surface area contributed by atoms with Gasteiger partial charge >= 0.3 is 6.09 Å². The van der Waals surface area contributed by atoms with Crippen LogP contribution in [0.3, 0.4) is 0 Å². The first-order valence-electron chi connectivity index (χ1n) is 12.6. The number of carbonyl (C=O) groups excluding carboxylic acids is 3. The Morgan fingerprint density at radius 3 is 2.61 bits per heavy atom. The molecule has 36 heavy (non-hydrogen) atoms. The van der Waals surface area contributed by atoms with Crippen molar-refractivity contribution in [2.75, 3.05) is 13.7 Å². The second-order valence-corrected chi connectivity index (χ2v) is 10.7. The number of aryl methyl sites for hydroxylation is 1. The fourth-order valence-corrected chi connectivity index (χ4v) is 5.64. The van der Waals surface area contributed by atoms with Gasteiger partial charge in [0.2, 0.25) is 17.7 Å². The maximum atomic E-state index is 13.7.